The number of hydrogen-bond acceptors (Lipinski definition) is 3. The SMILES string of the molecule is NOC(=O)CC1CCc2ccccc21. The van der Waals surface area contributed by atoms with E-state index >= 15 is 0 Å². The molecule has 0 saturated carbocycles. The summed E-state index contributed by atoms with van der Waals surface area (Å²) in [5.74, 6) is 4.79. The number of nitrogens with two attached hydrogens (primary N) is 1. The molecule has 14 heavy (non-hydrogen) atoms. The fourth-order valence-corrected chi connectivity index (χ4v) is 2.11. The first-order valence-corrected chi connectivity index (χ1v) is 4.78. The molecular weight excluding hydrogens is 178 g/mol. The van der Waals surface area contributed by atoms with E-state index in [9.17, 15) is 4.79 Å². The van der Waals surface area contributed by atoms with Crippen molar-refractivity contribution in [1.82, 2.24) is 0 Å². The Morgan fingerprint density at radius 1 is 1.50 bits per heavy atom. The number of rotatable bonds is 2. The normalized spacial score (nSPS) is 19.1. The molecule has 1 unspecified atom stereocenters. The molecule has 3 nitrogen and oxygen atoms in total. The van der Waals surface area contributed by atoms with E-state index in [1.807, 2.05) is 12.1 Å². The molecule has 1 aliphatic rings. The number of aryl methyl sites for hydroxylation is 1. The lowest BCUT2D eigenvalue weighted by atomic mass is 9.98. The van der Waals surface area contributed by atoms with Crippen LogP contribution < -0.4 is 5.90 Å². The van der Waals surface area contributed by atoms with Crippen molar-refractivity contribution in [2.45, 2.75) is 25.2 Å². The van der Waals surface area contributed by atoms with E-state index in [-0.39, 0.29) is 5.97 Å². The fourth-order valence-electron chi connectivity index (χ4n) is 2.11. The number of carbonyl (C=O) groups is 1. The number of benzene rings is 1. The van der Waals surface area contributed by atoms with Crippen molar-refractivity contribution in [1.29, 1.82) is 0 Å². The third-order valence-corrected chi connectivity index (χ3v) is 2.80. The summed E-state index contributed by atoms with van der Waals surface area (Å²) in [5, 5.41) is 0. The van der Waals surface area contributed by atoms with Crippen molar-refractivity contribution in [3.63, 3.8) is 0 Å². The molecule has 0 radical (unpaired) electrons. The minimum atomic E-state index is -0.327. The molecule has 0 saturated heterocycles. The lowest BCUT2D eigenvalue weighted by Gasteiger charge is -2.08. The zero-order valence-electron chi connectivity index (χ0n) is 7.90. The second-order valence-electron chi connectivity index (χ2n) is 3.63. The summed E-state index contributed by atoms with van der Waals surface area (Å²) in [6.07, 6.45) is 2.47. The van der Waals surface area contributed by atoms with Gasteiger partial charge in [-0.3, -0.25) is 4.79 Å². The Hall–Kier alpha value is -1.35. The van der Waals surface area contributed by atoms with Crippen molar-refractivity contribution in [3.05, 3.63) is 35.4 Å². The lowest BCUT2D eigenvalue weighted by Crippen LogP contribution is -2.12. The highest BCUT2D eigenvalue weighted by Crippen LogP contribution is 2.35. The molecule has 0 heterocycles. The third-order valence-electron chi connectivity index (χ3n) is 2.80. The topological polar surface area (TPSA) is 52.3 Å². The van der Waals surface area contributed by atoms with Crippen molar-refractivity contribution in [2.24, 2.45) is 5.90 Å². The van der Waals surface area contributed by atoms with Gasteiger partial charge in [-0.05, 0) is 29.9 Å². The largest absolute Gasteiger partial charge is 0.373 e. The van der Waals surface area contributed by atoms with Crippen molar-refractivity contribution in [2.75, 3.05) is 0 Å². The molecule has 0 amide bonds. The van der Waals surface area contributed by atoms with E-state index in [1.165, 1.54) is 11.1 Å². The molecule has 0 spiro atoms. The van der Waals surface area contributed by atoms with Crippen LogP contribution in [0.15, 0.2) is 24.3 Å². The van der Waals surface area contributed by atoms with Gasteiger partial charge in [0, 0.05) is 0 Å². The second-order valence-corrected chi connectivity index (χ2v) is 3.63. The highest BCUT2D eigenvalue weighted by molar-refractivity contribution is 5.70. The summed E-state index contributed by atoms with van der Waals surface area (Å²) in [6.45, 7) is 0. The Balaban J connectivity index is 2.14. The van der Waals surface area contributed by atoms with Crippen molar-refractivity contribution in [3.8, 4) is 0 Å². The predicted octanol–water partition coefficient (Wildman–Crippen LogP) is 1.52. The summed E-state index contributed by atoms with van der Waals surface area (Å²) in [7, 11) is 0. The Labute approximate surface area is 82.8 Å². The highest BCUT2D eigenvalue weighted by atomic mass is 16.7. The minimum absolute atomic E-state index is 0.294. The zero-order chi connectivity index (χ0) is 9.97. The van der Waals surface area contributed by atoms with E-state index in [2.05, 4.69) is 17.0 Å². The van der Waals surface area contributed by atoms with Gasteiger partial charge in [-0.15, -0.1) is 0 Å². The van der Waals surface area contributed by atoms with E-state index in [0.29, 0.717) is 12.3 Å². The van der Waals surface area contributed by atoms with Gasteiger partial charge in [-0.25, -0.2) is 0 Å². The Bertz CT molecular complexity index is 349. The van der Waals surface area contributed by atoms with Gasteiger partial charge in [0.1, 0.15) is 0 Å². The van der Waals surface area contributed by atoms with Crippen LogP contribution in [0.2, 0.25) is 0 Å². The maximum Gasteiger partial charge on any atom is 0.325 e. The van der Waals surface area contributed by atoms with Crippen LogP contribution in [0, 0.1) is 0 Å². The summed E-state index contributed by atoms with van der Waals surface area (Å²) < 4.78 is 0. The first-order valence-electron chi connectivity index (χ1n) is 4.78. The Morgan fingerprint density at radius 2 is 2.29 bits per heavy atom. The van der Waals surface area contributed by atoms with Gasteiger partial charge in [-0.1, -0.05) is 24.3 Å². The summed E-state index contributed by atoms with van der Waals surface area (Å²) in [6, 6.07) is 8.23. The van der Waals surface area contributed by atoms with E-state index in [4.69, 9.17) is 5.90 Å². The molecule has 0 aromatic heterocycles. The van der Waals surface area contributed by atoms with E-state index < -0.39 is 0 Å². The van der Waals surface area contributed by atoms with Gasteiger partial charge in [0.25, 0.3) is 0 Å². The van der Waals surface area contributed by atoms with Crippen LogP contribution in [-0.4, -0.2) is 5.97 Å². The fraction of sp³-hybridized carbons (Fsp3) is 0.364. The molecule has 1 aliphatic carbocycles. The molecule has 74 valence electrons. The smallest absolute Gasteiger partial charge is 0.325 e. The summed E-state index contributed by atoms with van der Waals surface area (Å²) in [5.41, 5.74) is 2.63. The van der Waals surface area contributed by atoms with Crippen LogP contribution in [-0.2, 0) is 16.1 Å². The molecule has 2 rings (SSSR count). The van der Waals surface area contributed by atoms with Gasteiger partial charge in [0.05, 0.1) is 6.42 Å². The maximum atomic E-state index is 11.0. The standard InChI is InChI=1S/C11H13NO2/c12-14-11(13)7-9-6-5-8-3-1-2-4-10(8)9/h1-4,9H,5-7,12H2. The zero-order valence-corrected chi connectivity index (χ0v) is 7.90. The quantitative estimate of drug-likeness (QED) is 0.721. The number of hydrogen-bond donors (Lipinski definition) is 1. The average molecular weight is 191 g/mol. The summed E-state index contributed by atoms with van der Waals surface area (Å²) in [4.78, 5) is 15.2. The number of fused-ring (bicyclic) bond motifs is 1. The first kappa shape index (κ1) is 9.21. The lowest BCUT2D eigenvalue weighted by molar-refractivity contribution is -0.144. The van der Waals surface area contributed by atoms with E-state index in [0.717, 1.165) is 12.8 Å². The van der Waals surface area contributed by atoms with Crippen molar-refractivity contribution >= 4 is 5.97 Å². The van der Waals surface area contributed by atoms with Crippen LogP contribution in [0.3, 0.4) is 0 Å². The highest BCUT2D eigenvalue weighted by Gasteiger charge is 2.24. The molecule has 2 N–H and O–H groups in total. The minimum Gasteiger partial charge on any atom is -0.373 e. The molecule has 0 fully saturated rings. The average Bonchev–Trinajstić information content (AvgIpc) is 2.62. The molecule has 1 aromatic carbocycles. The Kier molecular flexibility index (Phi) is 2.50. The third kappa shape index (κ3) is 1.63. The van der Waals surface area contributed by atoms with Crippen LogP contribution in [0.25, 0.3) is 0 Å². The maximum absolute atomic E-state index is 11.0. The molecular formula is C11H13NO2. The van der Waals surface area contributed by atoms with Gasteiger partial charge in [-0.2, -0.15) is 5.90 Å². The first-order chi connectivity index (χ1) is 6.81. The van der Waals surface area contributed by atoms with Gasteiger partial charge < -0.3 is 4.84 Å². The summed E-state index contributed by atoms with van der Waals surface area (Å²) >= 11 is 0. The molecule has 0 aliphatic heterocycles. The molecule has 1 aromatic rings. The van der Waals surface area contributed by atoms with Gasteiger partial charge in [0.15, 0.2) is 0 Å². The van der Waals surface area contributed by atoms with Crippen LogP contribution in [0.4, 0.5) is 0 Å². The van der Waals surface area contributed by atoms with Crippen LogP contribution in [0.5, 0.6) is 0 Å². The van der Waals surface area contributed by atoms with Crippen molar-refractivity contribution < 1.29 is 9.63 Å². The number of carbonyl (C=O) groups excluding carboxylic acids is 1. The molecule has 3 heteroatoms. The molecule has 0 bridgehead atoms. The monoisotopic (exact) mass is 191 g/mol. The van der Waals surface area contributed by atoms with Crippen LogP contribution in [0.1, 0.15) is 29.9 Å². The predicted molar refractivity (Wildman–Crippen MR) is 52.4 cm³/mol. The van der Waals surface area contributed by atoms with E-state index in [1.54, 1.807) is 0 Å². The second kappa shape index (κ2) is 3.80. The van der Waals surface area contributed by atoms with Gasteiger partial charge >= 0.3 is 5.97 Å². The van der Waals surface area contributed by atoms with Gasteiger partial charge in [0.2, 0.25) is 0 Å². The Morgan fingerprint density at radius 3 is 3.07 bits per heavy atom. The van der Waals surface area contributed by atoms with Crippen LogP contribution >= 0.6 is 0 Å². The molecule has 1 atom stereocenters.